The molecule has 0 bridgehead atoms. The van der Waals surface area contributed by atoms with Crippen LogP contribution in [0.3, 0.4) is 0 Å². The van der Waals surface area contributed by atoms with Gasteiger partial charge in [0.15, 0.2) is 0 Å². The van der Waals surface area contributed by atoms with E-state index < -0.39 is 0 Å². The van der Waals surface area contributed by atoms with Gasteiger partial charge in [-0.2, -0.15) is 10.2 Å². The third-order valence-electron chi connectivity index (χ3n) is 2.82. The minimum atomic E-state index is 0.0537. The van der Waals surface area contributed by atoms with E-state index in [2.05, 4.69) is 41.6 Å². The standard InChI is InChI=1S/C17H22N4/c1-17(2,3)19-14-7-11-16(12-8-14)21-20-15-9-5-13(18-4)6-10-15/h5-12,18-19H,1-4H3. The van der Waals surface area contributed by atoms with Crippen LogP contribution in [0.5, 0.6) is 0 Å². The van der Waals surface area contributed by atoms with Crippen molar-refractivity contribution in [2.45, 2.75) is 26.3 Å². The van der Waals surface area contributed by atoms with E-state index in [0.717, 1.165) is 22.7 Å². The van der Waals surface area contributed by atoms with Crippen LogP contribution in [0.4, 0.5) is 22.7 Å². The number of hydrogen-bond acceptors (Lipinski definition) is 4. The van der Waals surface area contributed by atoms with E-state index in [1.54, 1.807) is 0 Å². The van der Waals surface area contributed by atoms with Crippen LogP contribution < -0.4 is 10.6 Å². The van der Waals surface area contributed by atoms with Gasteiger partial charge in [-0.1, -0.05) is 0 Å². The normalized spacial score (nSPS) is 11.6. The van der Waals surface area contributed by atoms with E-state index in [0.29, 0.717) is 0 Å². The first-order valence-electron chi connectivity index (χ1n) is 7.04. The van der Waals surface area contributed by atoms with E-state index >= 15 is 0 Å². The number of rotatable bonds is 4. The monoisotopic (exact) mass is 282 g/mol. The van der Waals surface area contributed by atoms with Crippen molar-refractivity contribution in [3.63, 3.8) is 0 Å². The van der Waals surface area contributed by atoms with Gasteiger partial charge in [0.2, 0.25) is 0 Å². The zero-order chi connectivity index (χ0) is 15.3. The maximum absolute atomic E-state index is 4.25. The highest BCUT2D eigenvalue weighted by Crippen LogP contribution is 2.22. The Kier molecular flexibility index (Phi) is 4.58. The second-order valence-corrected chi connectivity index (χ2v) is 5.92. The molecular weight excluding hydrogens is 260 g/mol. The highest BCUT2D eigenvalue weighted by atomic mass is 15.1. The SMILES string of the molecule is CNc1ccc(N=Nc2ccc(NC(C)(C)C)cc2)cc1. The summed E-state index contributed by atoms with van der Waals surface area (Å²) in [5.41, 5.74) is 3.88. The van der Waals surface area contributed by atoms with Gasteiger partial charge in [0, 0.05) is 24.0 Å². The summed E-state index contributed by atoms with van der Waals surface area (Å²) in [5.74, 6) is 0. The van der Waals surface area contributed by atoms with Crippen molar-refractivity contribution < 1.29 is 0 Å². The molecule has 0 unspecified atom stereocenters. The van der Waals surface area contributed by atoms with Gasteiger partial charge in [0.05, 0.1) is 11.4 Å². The zero-order valence-electron chi connectivity index (χ0n) is 13.0. The summed E-state index contributed by atoms with van der Waals surface area (Å²) in [6.07, 6.45) is 0. The van der Waals surface area contributed by atoms with Crippen molar-refractivity contribution in [3.05, 3.63) is 48.5 Å². The smallest absolute Gasteiger partial charge is 0.0858 e. The Labute approximate surface area is 126 Å². The fraction of sp³-hybridized carbons (Fsp3) is 0.294. The summed E-state index contributed by atoms with van der Waals surface area (Å²) in [7, 11) is 1.89. The summed E-state index contributed by atoms with van der Waals surface area (Å²) in [5, 5.41) is 15.0. The van der Waals surface area contributed by atoms with Crippen molar-refractivity contribution in [2.24, 2.45) is 10.2 Å². The Bertz CT molecular complexity index is 592. The third kappa shape index (κ3) is 4.91. The first kappa shape index (κ1) is 15.0. The molecule has 21 heavy (non-hydrogen) atoms. The van der Waals surface area contributed by atoms with E-state index in [1.807, 2.05) is 55.6 Å². The van der Waals surface area contributed by atoms with Crippen LogP contribution in [0, 0.1) is 0 Å². The molecule has 0 spiro atoms. The molecule has 0 fully saturated rings. The molecular formula is C17H22N4. The van der Waals surface area contributed by atoms with Crippen LogP contribution >= 0.6 is 0 Å². The van der Waals surface area contributed by atoms with Crippen LogP contribution in [0.15, 0.2) is 58.8 Å². The van der Waals surface area contributed by atoms with Crippen LogP contribution in [0.25, 0.3) is 0 Å². The molecule has 0 radical (unpaired) electrons. The molecule has 0 aliphatic carbocycles. The molecule has 0 amide bonds. The largest absolute Gasteiger partial charge is 0.388 e. The highest BCUT2D eigenvalue weighted by molar-refractivity contribution is 5.53. The molecule has 4 nitrogen and oxygen atoms in total. The fourth-order valence-electron chi connectivity index (χ4n) is 1.85. The molecule has 0 heterocycles. The molecule has 0 aliphatic heterocycles. The van der Waals surface area contributed by atoms with Crippen LogP contribution in [-0.2, 0) is 0 Å². The Morgan fingerprint density at radius 1 is 0.714 bits per heavy atom. The van der Waals surface area contributed by atoms with Gasteiger partial charge >= 0.3 is 0 Å². The topological polar surface area (TPSA) is 48.8 Å². The predicted octanol–water partition coefficient (Wildman–Crippen LogP) is 5.35. The highest BCUT2D eigenvalue weighted by Gasteiger charge is 2.08. The molecule has 2 N–H and O–H groups in total. The van der Waals surface area contributed by atoms with Crippen molar-refractivity contribution in [1.82, 2.24) is 0 Å². The minimum absolute atomic E-state index is 0.0537. The quantitative estimate of drug-likeness (QED) is 0.742. The summed E-state index contributed by atoms with van der Waals surface area (Å²) >= 11 is 0. The fourth-order valence-corrected chi connectivity index (χ4v) is 1.85. The van der Waals surface area contributed by atoms with Gasteiger partial charge in [-0.15, -0.1) is 0 Å². The van der Waals surface area contributed by atoms with Gasteiger partial charge in [-0.25, -0.2) is 0 Å². The third-order valence-corrected chi connectivity index (χ3v) is 2.82. The van der Waals surface area contributed by atoms with Crippen molar-refractivity contribution in [3.8, 4) is 0 Å². The second-order valence-electron chi connectivity index (χ2n) is 5.92. The zero-order valence-corrected chi connectivity index (χ0v) is 13.0. The lowest BCUT2D eigenvalue weighted by atomic mass is 10.1. The van der Waals surface area contributed by atoms with Gasteiger partial charge in [-0.05, 0) is 69.3 Å². The molecule has 2 aromatic carbocycles. The van der Waals surface area contributed by atoms with Crippen LogP contribution in [-0.4, -0.2) is 12.6 Å². The van der Waals surface area contributed by atoms with E-state index in [-0.39, 0.29) is 5.54 Å². The number of nitrogens with zero attached hydrogens (tertiary/aromatic N) is 2. The van der Waals surface area contributed by atoms with Crippen LogP contribution in [0.2, 0.25) is 0 Å². The van der Waals surface area contributed by atoms with Crippen LogP contribution in [0.1, 0.15) is 20.8 Å². The molecule has 0 saturated heterocycles. The Hall–Kier alpha value is -2.36. The minimum Gasteiger partial charge on any atom is -0.388 e. The lowest BCUT2D eigenvalue weighted by molar-refractivity contribution is 0.634. The van der Waals surface area contributed by atoms with Crippen molar-refractivity contribution >= 4 is 22.7 Å². The van der Waals surface area contributed by atoms with Crippen molar-refractivity contribution in [2.75, 3.05) is 17.7 Å². The molecule has 0 aromatic heterocycles. The number of azo groups is 1. The van der Waals surface area contributed by atoms with Gasteiger partial charge in [-0.3, -0.25) is 0 Å². The molecule has 0 saturated carbocycles. The number of nitrogens with one attached hydrogen (secondary N) is 2. The second kappa shape index (κ2) is 6.39. The average Bonchev–Trinajstić information content (AvgIpc) is 2.45. The predicted molar refractivity (Wildman–Crippen MR) is 90.0 cm³/mol. The van der Waals surface area contributed by atoms with Gasteiger partial charge in [0.25, 0.3) is 0 Å². The summed E-state index contributed by atoms with van der Waals surface area (Å²) in [6, 6.07) is 15.8. The molecule has 2 aromatic rings. The maximum Gasteiger partial charge on any atom is 0.0858 e. The molecule has 2 rings (SSSR count). The van der Waals surface area contributed by atoms with Crippen molar-refractivity contribution in [1.29, 1.82) is 0 Å². The van der Waals surface area contributed by atoms with E-state index in [4.69, 9.17) is 0 Å². The lowest BCUT2D eigenvalue weighted by Gasteiger charge is -2.21. The number of anilines is 2. The van der Waals surface area contributed by atoms with Gasteiger partial charge in [0.1, 0.15) is 0 Å². The van der Waals surface area contributed by atoms with Gasteiger partial charge < -0.3 is 10.6 Å². The Balaban J connectivity index is 2.03. The lowest BCUT2D eigenvalue weighted by Crippen LogP contribution is -2.25. The molecule has 4 heteroatoms. The van der Waals surface area contributed by atoms with E-state index in [9.17, 15) is 0 Å². The Morgan fingerprint density at radius 3 is 1.52 bits per heavy atom. The molecule has 110 valence electrons. The maximum atomic E-state index is 4.25. The Morgan fingerprint density at radius 2 is 1.14 bits per heavy atom. The first-order chi connectivity index (χ1) is 9.96. The number of benzene rings is 2. The number of hydrogen-bond donors (Lipinski definition) is 2. The molecule has 0 aliphatic rings. The molecule has 0 atom stereocenters. The summed E-state index contributed by atoms with van der Waals surface area (Å²) in [4.78, 5) is 0. The summed E-state index contributed by atoms with van der Waals surface area (Å²) in [6.45, 7) is 6.40. The first-order valence-corrected chi connectivity index (χ1v) is 7.04. The van der Waals surface area contributed by atoms with E-state index in [1.165, 1.54) is 0 Å². The average molecular weight is 282 g/mol. The summed E-state index contributed by atoms with van der Waals surface area (Å²) < 4.78 is 0.